The molecule has 0 amide bonds. The van der Waals surface area contributed by atoms with Crippen LogP contribution in [0.5, 0.6) is 17.2 Å². The summed E-state index contributed by atoms with van der Waals surface area (Å²) in [5.74, 6) is 1.14. The Hall–Kier alpha value is -3.08. The quantitative estimate of drug-likeness (QED) is 0.447. The average Bonchev–Trinajstić information content (AvgIpc) is 3.48. The fraction of sp³-hybridized carbons (Fsp3) is 0.400. The highest BCUT2D eigenvalue weighted by Gasteiger charge is 2.25. The molecule has 9 nitrogen and oxygen atoms in total. The van der Waals surface area contributed by atoms with E-state index in [1.807, 2.05) is 30.3 Å². The maximum atomic E-state index is 11.1. The monoisotopic (exact) mass is 497 g/mol. The van der Waals surface area contributed by atoms with Crippen LogP contribution in [0.25, 0.3) is 10.9 Å². The van der Waals surface area contributed by atoms with E-state index in [1.54, 1.807) is 13.3 Å². The van der Waals surface area contributed by atoms with Gasteiger partial charge in [-0.1, -0.05) is 11.8 Å². The molecule has 1 atom stereocenters. The third-order valence-electron chi connectivity index (χ3n) is 5.80. The molecule has 3 aromatic rings. The van der Waals surface area contributed by atoms with Crippen LogP contribution in [0.2, 0.25) is 0 Å². The zero-order valence-electron chi connectivity index (χ0n) is 19.4. The summed E-state index contributed by atoms with van der Waals surface area (Å²) in [5, 5.41) is 10.8. The Kier molecular flexibility index (Phi) is 7.21. The smallest absolute Gasteiger partial charge is 0.304 e. The van der Waals surface area contributed by atoms with Crippen LogP contribution in [0.15, 0.2) is 41.5 Å². The first-order valence-corrected chi connectivity index (χ1v) is 12.4. The number of nitrogens with zero attached hydrogens (tertiary/aromatic N) is 2. The summed E-state index contributed by atoms with van der Waals surface area (Å²) in [4.78, 5) is 23.5. The Bertz CT molecular complexity index is 1220. The van der Waals surface area contributed by atoms with Gasteiger partial charge in [-0.3, -0.25) is 14.8 Å². The zero-order valence-corrected chi connectivity index (χ0v) is 20.2. The standard InChI is InChI=1S/C25H27N3O6S/c1-31-14-16-2-3-18(12-26-16)33-19-8-15-9-21(25-27-13-20(35-25)11-23(29)30)28-24(15)22(10-19)34-17-4-6-32-7-5-17/h2-3,8-10,12,17,20,28H,4-7,11,13-14H2,1H3,(H,29,30). The highest BCUT2D eigenvalue weighted by Crippen LogP contribution is 2.37. The van der Waals surface area contributed by atoms with Gasteiger partial charge in [0.25, 0.3) is 0 Å². The first-order chi connectivity index (χ1) is 17.1. The summed E-state index contributed by atoms with van der Waals surface area (Å²) in [5.41, 5.74) is 2.53. The zero-order chi connectivity index (χ0) is 24.2. The minimum absolute atomic E-state index is 0.0562. The van der Waals surface area contributed by atoms with Crippen LogP contribution in [0.3, 0.4) is 0 Å². The molecule has 0 saturated carbocycles. The van der Waals surface area contributed by atoms with Crippen molar-refractivity contribution in [2.24, 2.45) is 4.99 Å². The van der Waals surface area contributed by atoms with E-state index < -0.39 is 5.97 Å². The normalized spacial score (nSPS) is 18.5. The van der Waals surface area contributed by atoms with Crippen molar-refractivity contribution in [1.82, 2.24) is 9.97 Å². The minimum Gasteiger partial charge on any atom is -0.488 e. The second-order valence-electron chi connectivity index (χ2n) is 8.50. The number of H-pyrrole nitrogens is 1. The molecule has 2 aromatic heterocycles. The number of carboxylic acids is 1. The lowest BCUT2D eigenvalue weighted by Crippen LogP contribution is -2.25. The Balaban J connectivity index is 1.43. The van der Waals surface area contributed by atoms with Gasteiger partial charge in [-0.05, 0) is 24.3 Å². The first kappa shape index (κ1) is 23.7. The molecule has 5 rings (SSSR count). The molecule has 2 aliphatic heterocycles. The van der Waals surface area contributed by atoms with Gasteiger partial charge in [0.2, 0.25) is 0 Å². The van der Waals surface area contributed by atoms with E-state index in [1.165, 1.54) is 11.8 Å². The molecule has 184 valence electrons. The number of aromatic nitrogens is 2. The number of ether oxygens (including phenoxy) is 4. The number of aliphatic imine (C=N–C) groups is 1. The van der Waals surface area contributed by atoms with Gasteiger partial charge >= 0.3 is 5.97 Å². The van der Waals surface area contributed by atoms with E-state index in [-0.39, 0.29) is 17.8 Å². The maximum Gasteiger partial charge on any atom is 0.304 e. The molecule has 4 heterocycles. The van der Waals surface area contributed by atoms with Crippen molar-refractivity contribution in [1.29, 1.82) is 0 Å². The van der Waals surface area contributed by atoms with E-state index in [4.69, 9.17) is 24.1 Å². The van der Waals surface area contributed by atoms with Gasteiger partial charge in [-0.15, -0.1) is 0 Å². The van der Waals surface area contributed by atoms with Crippen LogP contribution in [-0.4, -0.2) is 64.3 Å². The summed E-state index contributed by atoms with van der Waals surface area (Å²) < 4.78 is 23.1. The first-order valence-electron chi connectivity index (χ1n) is 11.5. The molecule has 1 fully saturated rings. The van der Waals surface area contributed by atoms with Crippen LogP contribution < -0.4 is 9.47 Å². The van der Waals surface area contributed by atoms with Gasteiger partial charge < -0.3 is 29.0 Å². The molecule has 10 heteroatoms. The molecule has 0 bridgehead atoms. The highest BCUT2D eigenvalue weighted by molar-refractivity contribution is 8.15. The number of rotatable bonds is 9. The summed E-state index contributed by atoms with van der Waals surface area (Å²) in [7, 11) is 1.63. The second kappa shape index (κ2) is 10.7. The van der Waals surface area contributed by atoms with Gasteiger partial charge in [0.1, 0.15) is 28.4 Å². The van der Waals surface area contributed by atoms with Gasteiger partial charge in [-0.25, -0.2) is 0 Å². The van der Waals surface area contributed by atoms with Crippen LogP contribution >= 0.6 is 11.8 Å². The van der Waals surface area contributed by atoms with E-state index >= 15 is 0 Å². The van der Waals surface area contributed by atoms with Crippen molar-refractivity contribution in [3.05, 3.63) is 47.9 Å². The predicted octanol–water partition coefficient (Wildman–Crippen LogP) is 4.40. The molecule has 2 N–H and O–H groups in total. The number of methoxy groups -OCH3 is 1. The molecule has 1 unspecified atom stereocenters. The van der Waals surface area contributed by atoms with Crippen molar-refractivity contribution >= 4 is 33.7 Å². The lowest BCUT2D eigenvalue weighted by molar-refractivity contribution is -0.136. The molecule has 1 saturated heterocycles. The fourth-order valence-corrected chi connectivity index (χ4v) is 5.21. The predicted molar refractivity (Wildman–Crippen MR) is 133 cm³/mol. The molecule has 0 radical (unpaired) electrons. The minimum atomic E-state index is -0.811. The maximum absolute atomic E-state index is 11.1. The number of fused-ring (bicyclic) bond motifs is 1. The second-order valence-corrected chi connectivity index (χ2v) is 9.79. The van der Waals surface area contributed by atoms with Crippen molar-refractivity contribution in [3.63, 3.8) is 0 Å². The van der Waals surface area contributed by atoms with E-state index in [2.05, 4.69) is 15.0 Å². The number of aliphatic carboxylic acids is 1. The van der Waals surface area contributed by atoms with Crippen LogP contribution in [-0.2, 0) is 20.9 Å². The summed E-state index contributed by atoms with van der Waals surface area (Å²) >= 11 is 1.49. The Morgan fingerprint density at radius 3 is 2.83 bits per heavy atom. The number of nitrogens with one attached hydrogen (secondary N) is 1. The van der Waals surface area contributed by atoms with E-state index in [9.17, 15) is 4.79 Å². The molecular formula is C25H27N3O6S. The lowest BCUT2D eigenvalue weighted by atomic mass is 10.1. The number of aromatic amines is 1. The summed E-state index contributed by atoms with van der Waals surface area (Å²) in [6.07, 6.45) is 3.47. The van der Waals surface area contributed by atoms with Crippen LogP contribution in [0, 0.1) is 0 Å². The number of pyridine rings is 1. The van der Waals surface area contributed by atoms with Crippen molar-refractivity contribution < 1.29 is 28.8 Å². The van der Waals surface area contributed by atoms with E-state index in [0.717, 1.165) is 40.2 Å². The number of hydrogen-bond donors (Lipinski definition) is 2. The van der Waals surface area contributed by atoms with Gasteiger partial charge in [-0.2, -0.15) is 0 Å². The van der Waals surface area contributed by atoms with Crippen molar-refractivity contribution in [3.8, 4) is 17.2 Å². The van der Waals surface area contributed by atoms with Gasteiger partial charge in [0.15, 0.2) is 0 Å². The highest BCUT2D eigenvalue weighted by atomic mass is 32.2. The van der Waals surface area contributed by atoms with Crippen LogP contribution in [0.4, 0.5) is 0 Å². The third kappa shape index (κ3) is 5.77. The Morgan fingerprint density at radius 2 is 2.09 bits per heavy atom. The molecular weight excluding hydrogens is 470 g/mol. The number of carbonyl (C=O) groups is 1. The SMILES string of the molecule is COCc1ccc(Oc2cc(OC3CCOCC3)c3[nH]c(C4=NCC(CC(=O)O)S4)cc3c2)cn1. The van der Waals surface area contributed by atoms with Crippen LogP contribution in [0.1, 0.15) is 30.7 Å². The molecule has 35 heavy (non-hydrogen) atoms. The molecule has 1 aromatic carbocycles. The average molecular weight is 498 g/mol. The molecule has 0 aliphatic carbocycles. The third-order valence-corrected chi connectivity index (χ3v) is 7.02. The molecule has 2 aliphatic rings. The number of carboxylic acid groups (broad SMARTS) is 1. The lowest BCUT2D eigenvalue weighted by Gasteiger charge is -2.24. The van der Waals surface area contributed by atoms with Crippen molar-refractivity contribution in [2.75, 3.05) is 26.9 Å². The number of thioether (sulfide) groups is 1. The van der Waals surface area contributed by atoms with E-state index in [0.29, 0.717) is 43.6 Å². The Morgan fingerprint density at radius 1 is 1.23 bits per heavy atom. The van der Waals surface area contributed by atoms with Gasteiger partial charge in [0.05, 0.1) is 55.9 Å². The van der Waals surface area contributed by atoms with Gasteiger partial charge in [0, 0.05) is 36.7 Å². The fourth-order valence-electron chi connectivity index (χ4n) is 4.13. The largest absolute Gasteiger partial charge is 0.488 e. The summed E-state index contributed by atoms with van der Waals surface area (Å²) in [6, 6.07) is 9.57. The summed E-state index contributed by atoms with van der Waals surface area (Å²) in [6.45, 7) is 2.29. The topological polar surface area (TPSA) is 115 Å². The molecule has 0 spiro atoms. The number of hydrogen-bond acceptors (Lipinski definition) is 8. The van der Waals surface area contributed by atoms with Crippen molar-refractivity contribution in [2.45, 2.75) is 37.2 Å². The Labute approximate surface area is 206 Å². The number of benzene rings is 1.